The third-order valence-electron chi connectivity index (χ3n) is 8.02. The molecule has 2 aromatic carbocycles. The molecule has 0 amide bonds. The van der Waals surface area contributed by atoms with E-state index in [1.165, 1.54) is 69.2 Å². The molecule has 0 fully saturated rings. The zero-order valence-electron chi connectivity index (χ0n) is 33.1. The molecule has 2 atom stereocenters. The van der Waals surface area contributed by atoms with Gasteiger partial charge in [-0.25, -0.2) is 25.0 Å². The maximum Gasteiger partial charge on any atom is 0 e. The summed E-state index contributed by atoms with van der Waals surface area (Å²) in [6.07, 6.45) is 16.7. The van der Waals surface area contributed by atoms with Gasteiger partial charge in [0, 0.05) is 131 Å². The van der Waals surface area contributed by atoms with Crippen molar-refractivity contribution in [1.82, 2.24) is 0 Å². The Kier molecular flexibility index (Phi) is 37.8. The van der Waals surface area contributed by atoms with Crippen molar-refractivity contribution in [3.63, 3.8) is 0 Å². The summed E-state index contributed by atoms with van der Waals surface area (Å²) in [5.74, 6) is 0. The van der Waals surface area contributed by atoms with Gasteiger partial charge in [-0.3, -0.25) is 22.3 Å². The number of benzene rings is 2. The van der Waals surface area contributed by atoms with E-state index in [1.807, 2.05) is 55.4 Å². The van der Waals surface area contributed by atoms with Crippen molar-refractivity contribution >= 4 is 27.0 Å². The Bertz CT molecular complexity index is 1220. The van der Waals surface area contributed by atoms with Crippen molar-refractivity contribution in [2.75, 3.05) is 25.7 Å². The Labute approximate surface area is 402 Å². The number of allylic oxidation sites excluding steroid dienone is 8. The van der Waals surface area contributed by atoms with Crippen LogP contribution in [-0.2, 0) is 143 Å². The molecule has 6 rings (SSSR count). The molecule has 6 heteroatoms. The average Bonchev–Trinajstić information content (AvgIpc) is 3.31. The van der Waals surface area contributed by atoms with E-state index in [0.29, 0.717) is 0 Å². The van der Waals surface area contributed by atoms with E-state index in [-0.39, 0.29) is 147 Å². The van der Waals surface area contributed by atoms with Crippen molar-refractivity contribution < 1.29 is 131 Å². The number of rotatable bonds is 0. The molecule has 2 heterocycles. The summed E-state index contributed by atoms with van der Waals surface area (Å²) in [6, 6.07) is 15.6. The maximum atomic E-state index is 3.50. The van der Waals surface area contributed by atoms with Gasteiger partial charge >= 0.3 is 0 Å². The molecule has 2 unspecified atom stereocenters. The van der Waals surface area contributed by atoms with Crippen LogP contribution in [0.1, 0.15) is 115 Å². The largest absolute Gasteiger partial charge is 0.263 e. The van der Waals surface area contributed by atoms with Crippen LogP contribution in [0.4, 0.5) is 0 Å². The molecule has 0 saturated heterocycles. The maximum absolute atomic E-state index is 3.50. The van der Waals surface area contributed by atoms with E-state index in [0.717, 1.165) is 12.8 Å². The van der Waals surface area contributed by atoms with E-state index in [4.69, 9.17) is 0 Å². The molecular weight excluding hydrogens is 922 g/mol. The zero-order valence-corrected chi connectivity index (χ0v) is 46.2. The molecule has 2 aliphatic heterocycles. The second-order valence-electron chi connectivity index (χ2n) is 10.8. The van der Waals surface area contributed by atoms with Crippen LogP contribution in [0.25, 0.3) is 11.1 Å². The minimum Gasteiger partial charge on any atom is -0.263 e. The van der Waals surface area contributed by atoms with E-state index in [1.54, 1.807) is 22.3 Å². The van der Waals surface area contributed by atoms with Crippen LogP contribution in [0.5, 0.6) is 0 Å². The van der Waals surface area contributed by atoms with Gasteiger partial charge < -0.3 is 0 Å². The first-order valence-electron chi connectivity index (χ1n) is 17.2. The van der Waals surface area contributed by atoms with Crippen LogP contribution >= 0.6 is 15.8 Å². The standard InChI is InChI=1S/2C17H19P.4C2H6.4Y/c2*1-12-6-4-8-14-15-9-5-7-13(2)17(15)11-18(3)10-16(12)14;4*1-2;;;;/h2*4,6-7,9H,5,10-11H2,1-3H3;4*1-2H3;;;;/q2*-2;;;;;;;;. The van der Waals surface area contributed by atoms with Crippen LogP contribution in [0.2, 0.25) is 0 Å². The van der Waals surface area contributed by atoms with Gasteiger partial charge in [0.25, 0.3) is 0 Å². The minimum absolute atomic E-state index is 0. The molecule has 0 aromatic heterocycles. The van der Waals surface area contributed by atoms with Gasteiger partial charge in [0.1, 0.15) is 0 Å². The zero-order chi connectivity index (χ0) is 33.4. The normalized spacial score (nSPS) is 17.5. The monoisotopic (exact) mass is 984 g/mol. The molecule has 0 spiro atoms. The van der Waals surface area contributed by atoms with Gasteiger partial charge in [-0.15, -0.1) is 62.4 Å². The molecule has 4 aliphatic rings. The van der Waals surface area contributed by atoms with E-state index < -0.39 is 0 Å². The van der Waals surface area contributed by atoms with Crippen molar-refractivity contribution in [1.29, 1.82) is 0 Å². The summed E-state index contributed by atoms with van der Waals surface area (Å²) in [5.41, 5.74) is 17.8. The molecule has 2 aliphatic carbocycles. The van der Waals surface area contributed by atoms with Gasteiger partial charge in [0.05, 0.1) is 0 Å². The first kappa shape index (κ1) is 57.1. The van der Waals surface area contributed by atoms with E-state index in [9.17, 15) is 0 Å². The smallest absolute Gasteiger partial charge is 0 e. The quantitative estimate of drug-likeness (QED) is 0.182. The number of hydrogen-bond acceptors (Lipinski definition) is 0. The van der Waals surface area contributed by atoms with E-state index >= 15 is 0 Å². The average molecular weight is 985 g/mol. The SMILES string of the molecule is CC.CC.CC.CC.CC1=CC[CH-]C2=C1CP(C)Cc1c2[c-]ccc1C.CC1=CC[CH-]C2=C1CP(C)Cc1c2[c-]ccc1C.[Y].[Y].[Y].[Y]. The fourth-order valence-corrected chi connectivity index (χ4v) is 9.94. The molecule has 0 N–H and O–H groups in total. The van der Waals surface area contributed by atoms with Crippen LogP contribution in [0, 0.1) is 38.8 Å². The van der Waals surface area contributed by atoms with Crippen molar-refractivity contribution in [2.24, 2.45) is 0 Å². The fraction of sp³-hybridized carbons (Fsp3) is 0.476. The summed E-state index contributed by atoms with van der Waals surface area (Å²) in [5, 5.41) is 0. The first-order valence-corrected chi connectivity index (χ1v) is 21.5. The van der Waals surface area contributed by atoms with Gasteiger partial charge in [-0.05, 0) is 13.3 Å². The third kappa shape index (κ3) is 16.0. The van der Waals surface area contributed by atoms with Crippen LogP contribution < -0.4 is 0 Å². The Morgan fingerprint density at radius 3 is 1.15 bits per heavy atom. The fourth-order valence-electron chi connectivity index (χ4n) is 5.90. The molecule has 0 saturated carbocycles. The third-order valence-corrected chi connectivity index (χ3v) is 11.4. The molecule has 0 nitrogen and oxygen atoms in total. The van der Waals surface area contributed by atoms with Crippen molar-refractivity contribution in [2.45, 2.75) is 108 Å². The van der Waals surface area contributed by atoms with Crippen LogP contribution in [-0.4, -0.2) is 25.7 Å². The van der Waals surface area contributed by atoms with Crippen LogP contribution in [0.3, 0.4) is 0 Å². The number of fused-ring (bicyclic) bond motifs is 4. The van der Waals surface area contributed by atoms with Gasteiger partial charge in [-0.2, -0.15) is 34.4 Å². The summed E-state index contributed by atoms with van der Waals surface area (Å²) in [4.78, 5) is 0. The van der Waals surface area contributed by atoms with Gasteiger partial charge in [0.2, 0.25) is 0 Å². The molecule has 0 bridgehead atoms. The minimum atomic E-state index is 0. The second-order valence-corrected chi connectivity index (χ2v) is 15.5. The Balaban J connectivity index is -0.000000312. The number of aryl methyl sites for hydroxylation is 2. The Hall–Kier alpha value is 2.42. The molecule has 2 aromatic rings. The Morgan fingerprint density at radius 1 is 0.521 bits per heavy atom. The summed E-state index contributed by atoms with van der Waals surface area (Å²) in [7, 11) is 0.140. The molecule has 48 heavy (non-hydrogen) atoms. The second kappa shape index (κ2) is 31.7. The predicted molar refractivity (Wildman–Crippen MR) is 207 cm³/mol. The molecule has 256 valence electrons. The first-order chi connectivity index (χ1) is 21.3. The van der Waals surface area contributed by atoms with Crippen LogP contribution in [0.15, 0.2) is 58.7 Å². The van der Waals surface area contributed by atoms with Crippen molar-refractivity contribution in [3.05, 3.63) is 117 Å². The summed E-state index contributed by atoms with van der Waals surface area (Å²) >= 11 is 0. The molecule has 4 radical (unpaired) electrons. The number of hydrogen-bond donors (Lipinski definition) is 0. The van der Waals surface area contributed by atoms with Gasteiger partial charge in [0.15, 0.2) is 0 Å². The summed E-state index contributed by atoms with van der Waals surface area (Å²) in [6.45, 7) is 29.9. The van der Waals surface area contributed by atoms with E-state index in [2.05, 4.69) is 102 Å². The molecular formula is C42H62P2Y4-4. The van der Waals surface area contributed by atoms with Crippen molar-refractivity contribution in [3.8, 4) is 0 Å². The topological polar surface area (TPSA) is 0 Å². The summed E-state index contributed by atoms with van der Waals surface area (Å²) < 4.78 is 0. The van der Waals surface area contributed by atoms with Gasteiger partial charge in [-0.1, -0.05) is 121 Å². The predicted octanol–water partition coefficient (Wildman–Crippen LogP) is 13.6. The Morgan fingerprint density at radius 2 is 0.833 bits per heavy atom.